The number of rotatable bonds is 29. The first kappa shape index (κ1) is 81.5. The summed E-state index contributed by atoms with van der Waals surface area (Å²) in [6.45, 7) is 24.8. The predicted octanol–water partition coefficient (Wildman–Crippen LogP) is 13.8. The highest BCUT2D eigenvalue weighted by Gasteiger charge is 2.51. The van der Waals surface area contributed by atoms with Gasteiger partial charge in [-0.15, -0.1) is 11.8 Å². The van der Waals surface area contributed by atoms with Crippen LogP contribution in [0, 0.1) is 87.3 Å². The molecule has 0 bridgehead atoms. The summed E-state index contributed by atoms with van der Waals surface area (Å²) < 4.78 is 34.7. The Labute approximate surface area is 567 Å². The number of hydrogen-bond donors (Lipinski definition) is 6. The third kappa shape index (κ3) is 28.6. The number of aliphatic hydroxyl groups is 3. The van der Waals surface area contributed by atoms with Crippen LogP contribution >= 0.6 is 0 Å². The Morgan fingerprint density at radius 2 is 1.17 bits per heavy atom. The molecule has 18 heteroatoms. The molecule has 6 N–H and O–H groups in total. The fourth-order valence-electron chi connectivity index (χ4n) is 12.9. The second kappa shape index (κ2) is 40.1. The maximum Gasteiger partial charge on any atom is 0.329 e. The minimum absolute atomic E-state index is 0.00189. The van der Waals surface area contributed by atoms with E-state index in [1.54, 1.807) is 0 Å². The van der Waals surface area contributed by atoms with Crippen LogP contribution in [0.1, 0.15) is 238 Å². The summed E-state index contributed by atoms with van der Waals surface area (Å²) in [4.78, 5) is 69.3. The second-order valence-electron chi connectivity index (χ2n) is 30.1. The summed E-state index contributed by atoms with van der Waals surface area (Å²) in [6, 6.07) is 0. The summed E-state index contributed by atoms with van der Waals surface area (Å²) in [7, 11) is 0. The molecule has 95 heavy (non-hydrogen) atoms. The van der Waals surface area contributed by atoms with Crippen LogP contribution in [0.5, 0.6) is 0 Å². The number of ether oxygens (including phenoxy) is 6. The zero-order valence-corrected chi connectivity index (χ0v) is 59.5. The molecular formula is C77H118O18. The number of carbonyl (C=O) groups is 6. The number of aliphatic hydroxyl groups excluding tert-OH is 3. The van der Waals surface area contributed by atoms with Gasteiger partial charge in [-0.25, -0.2) is 4.79 Å². The molecule has 18 nitrogen and oxygen atoms in total. The van der Waals surface area contributed by atoms with Gasteiger partial charge in [0.1, 0.15) is 31.0 Å². The summed E-state index contributed by atoms with van der Waals surface area (Å²) in [5.41, 5.74) is -0.510. The number of carboxylic acid groups (broad SMARTS) is 3. The van der Waals surface area contributed by atoms with Crippen LogP contribution in [0.25, 0.3) is 0 Å². The maximum atomic E-state index is 12.5. The lowest BCUT2D eigenvalue weighted by Gasteiger charge is -2.25. The quantitative estimate of drug-likeness (QED) is 0.0133. The van der Waals surface area contributed by atoms with E-state index in [0.717, 1.165) is 95.0 Å². The van der Waals surface area contributed by atoms with Crippen molar-refractivity contribution in [1.29, 1.82) is 0 Å². The molecule has 0 spiro atoms. The highest BCUT2D eigenvalue weighted by atomic mass is 16.6. The molecule has 0 aromatic rings. The van der Waals surface area contributed by atoms with Crippen molar-refractivity contribution >= 4 is 35.8 Å². The van der Waals surface area contributed by atoms with E-state index in [0.29, 0.717) is 57.3 Å². The van der Waals surface area contributed by atoms with Gasteiger partial charge < -0.3 is 59.1 Å². The van der Waals surface area contributed by atoms with Gasteiger partial charge in [0.05, 0.1) is 52.7 Å². The van der Waals surface area contributed by atoms with E-state index in [2.05, 4.69) is 37.5 Å². The number of carbonyl (C=O) groups excluding carboxylic acids is 3. The minimum atomic E-state index is -0.980. The number of esters is 3. The van der Waals surface area contributed by atoms with Crippen molar-refractivity contribution in [3.63, 3.8) is 0 Å². The molecule has 0 aromatic heterocycles. The smallest absolute Gasteiger partial charge is 0.329 e. The van der Waals surface area contributed by atoms with Gasteiger partial charge >= 0.3 is 35.8 Å². The first-order valence-electron chi connectivity index (χ1n) is 35.4. The van der Waals surface area contributed by atoms with Crippen molar-refractivity contribution in [3.8, 4) is 23.7 Å². The Balaban J connectivity index is 0.000000303. The summed E-state index contributed by atoms with van der Waals surface area (Å²) >= 11 is 0. The van der Waals surface area contributed by atoms with Gasteiger partial charge in [0.25, 0.3) is 0 Å². The third-order valence-electron chi connectivity index (χ3n) is 18.5. The molecule has 0 amide bonds. The number of fused-ring (bicyclic) bond motifs is 3. The SMILES string of the molecule is CCC#CC[C@H](C)[C@@H](C#C[C@@H]1[C@H]2C/C(=C/COCC(=O)O)C[C@H]2C[C@H]1O)OC(=O)C(C)(C)C.CCCCC[C@@H](/C=C/[C@@H]1[C@H]2C/C(=C/CCCC(=O)O)O[C@H]2C[C@H]1O)OC(=O)C(C)(C)C.CCCCC[C@H](O)/C=C/[C@@H]1[C@H]2C/C(=C/CCCC(=O)O)O[C@H]2C[C@H]1OC(=O)C(C)(C)C. The fraction of sp³-hybridized carbons (Fsp3) is 0.740. The van der Waals surface area contributed by atoms with E-state index in [-0.39, 0.29) is 110 Å². The van der Waals surface area contributed by atoms with Gasteiger partial charge in [-0.2, -0.15) is 0 Å². The fourth-order valence-corrected chi connectivity index (χ4v) is 12.9. The van der Waals surface area contributed by atoms with E-state index < -0.39 is 58.6 Å². The summed E-state index contributed by atoms with van der Waals surface area (Å²) in [6.07, 6.45) is 28.6. The molecule has 534 valence electrons. The Bertz CT molecular complexity index is 2750. The van der Waals surface area contributed by atoms with Crippen molar-refractivity contribution in [1.82, 2.24) is 0 Å². The molecule has 16 atom stereocenters. The average Bonchev–Trinajstić information content (AvgIpc) is 1.65. The average molecular weight is 1330 g/mol. The van der Waals surface area contributed by atoms with E-state index in [4.69, 9.17) is 43.7 Å². The molecule has 0 aromatic carbocycles. The highest BCUT2D eigenvalue weighted by molar-refractivity contribution is 5.76. The van der Waals surface area contributed by atoms with Gasteiger partial charge in [-0.3, -0.25) is 24.0 Å². The molecule has 2 saturated heterocycles. The van der Waals surface area contributed by atoms with E-state index in [1.807, 2.05) is 119 Å². The van der Waals surface area contributed by atoms with Crippen LogP contribution in [-0.4, -0.2) is 129 Å². The van der Waals surface area contributed by atoms with Crippen molar-refractivity contribution in [2.45, 2.75) is 287 Å². The van der Waals surface area contributed by atoms with Crippen LogP contribution in [-0.2, 0) is 57.2 Å². The predicted molar refractivity (Wildman–Crippen MR) is 364 cm³/mol. The molecule has 2 aliphatic heterocycles. The summed E-state index contributed by atoms with van der Waals surface area (Å²) in [5, 5.41) is 57.8. The number of hydrogen-bond acceptors (Lipinski definition) is 15. The largest absolute Gasteiger partial charge is 0.495 e. The Kier molecular flexibility index (Phi) is 34.4. The van der Waals surface area contributed by atoms with Crippen LogP contribution in [0.4, 0.5) is 0 Å². The van der Waals surface area contributed by atoms with Crippen molar-refractivity contribution < 1.29 is 87.8 Å². The number of carboxylic acids is 3. The van der Waals surface area contributed by atoms with Gasteiger partial charge in [0.15, 0.2) is 6.10 Å². The number of unbranched alkanes of at least 4 members (excludes halogenated alkanes) is 6. The molecule has 6 fully saturated rings. The van der Waals surface area contributed by atoms with Crippen molar-refractivity contribution in [3.05, 3.63) is 59.6 Å². The monoisotopic (exact) mass is 1330 g/mol. The first-order valence-corrected chi connectivity index (χ1v) is 35.4. The van der Waals surface area contributed by atoms with Crippen molar-refractivity contribution in [2.24, 2.45) is 63.6 Å². The molecule has 0 unspecified atom stereocenters. The normalized spacial score (nSPS) is 27.6. The first-order chi connectivity index (χ1) is 44.7. The van der Waals surface area contributed by atoms with Crippen LogP contribution in [0.2, 0.25) is 0 Å². The summed E-state index contributed by atoms with van der Waals surface area (Å²) in [5.74, 6) is 11.9. The minimum Gasteiger partial charge on any atom is -0.495 e. The second-order valence-corrected chi connectivity index (χ2v) is 30.1. The molecule has 0 radical (unpaired) electrons. The van der Waals surface area contributed by atoms with E-state index in [9.17, 15) is 44.1 Å². The molecule has 6 aliphatic rings. The number of allylic oxidation sites excluding steroid dienone is 5. The Hall–Kier alpha value is -5.92. The van der Waals surface area contributed by atoms with Gasteiger partial charge in [0.2, 0.25) is 0 Å². The van der Waals surface area contributed by atoms with Gasteiger partial charge in [-0.05, 0) is 157 Å². The zero-order valence-electron chi connectivity index (χ0n) is 59.5. The van der Waals surface area contributed by atoms with E-state index >= 15 is 0 Å². The molecular weight excluding hydrogens is 1210 g/mol. The lowest BCUT2D eigenvalue weighted by Crippen LogP contribution is -2.31. The van der Waals surface area contributed by atoms with Crippen LogP contribution in [0.15, 0.2) is 59.6 Å². The Morgan fingerprint density at radius 1 is 0.611 bits per heavy atom. The Morgan fingerprint density at radius 3 is 1.73 bits per heavy atom. The maximum absolute atomic E-state index is 12.5. The van der Waals surface area contributed by atoms with Crippen molar-refractivity contribution in [2.75, 3.05) is 13.2 Å². The molecule has 6 rings (SSSR count). The molecule has 4 saturated carbocycles. The van der Waals surface area contributed by atoms with Crippen LogP contribution < -0.4 is 0 Å². The van der Waals surface area contributed by atoms with Crippen LogP contribution in [0.3, 0.4) is 0 Å². The number of aliphatic carboxylic acids is 3. The third-order valence-corrected chi connectivity index (χ3v) is 18.5. The van der Waals surface area contributed by atoms with Gasteiger partial charge in [0, 0.05) is 86.9 Å². The lowest BCUT2D eigenvalue weighted by molar-refractivity contribution is -0.160. The highest BCUT2D eigenvalue weighted by Crippen LogP contribution is 2.51. The van der Waals surface area contributed by atoms with E-state index in [1.165, 1.54) is 5.57 Å². The zero-order chi connectivity index (χ0) is 70.6. The topological polar surface area (TPSA) is 279 Å². The standard InChI is InChI=1S/C27H38O6.2C25H40O6/c1-6-7-8-9-18(2)24(33-26(31)27(3,4)5)11-10-21-22-15-19(12-13-32-17-25(29)30)14-20(22)16-23(21)28;1-5-6-7-10-17(31-24(29)25(2,3)4)13-14-19-20-15-18(11-8-9-12-23(27)28)30-22(20)16-21(19)26;1-5-6-7-10-17(26)13-14-19-20-15-18(11-8-9-12-23(27)28)30-22(20)16-21(19)31-24(29)25(2,3)4/h12,18,20-24,28H,6,9,13-17H2,1-5H3,(H,29,30);2*11,13-14,17,19-22,26H,5-10,12,15-16H2,1-4H3,(H,27,28)/b19-12+;2*14-13+,18-11-/t18-,20-,21+,22-,23+,24+;2*17-,19+,20+,21+,22-/m000/s1. The van der Waals surface area contributed by atoms with Gasteiger partial charge in [-0.1, -0.05) is 102 Å². The molecule has 2 heterocycles. The lowest BCUT2D eigenvalue weighted by atomic mass is 9.90. The molecule has 4 aliphatic carbocycles.